The van der Waals surface area contributed by atoms with Crippen LogP contribution in [0.5, 0.6) is 0 Å². The molecule has 11 nitrogen and oxygen atoms in total. The van der Waals surface area contributed by atoms with Crippen LogP contribution in [0.25, 0.3) is 11.3 Å². The Labute approximate surface area is 203 Å². The van der Waals surface area contributed by atoms with E-state index >= 15 is 0 Å². The zero-order chi connectivity index (χ0) is 24.7. The maximum atomic E-state index is 13.1. The number of piperidine rings is 1. The molecule has 0 radical (unpaired) electrons. The quantitative estimate of drug-likeness (QED) is 0.515. The first kappa shape index (κ1) is 22.4. The summed E-state index contributed by atoms with van der Waals surface area (Å²) in [5.41, 5.74) is 1.35. The molecule has 35 heavy (non-hydrogen) atoms. The Hall–Kier alpha value is -4.38. The molecule has 5 rings (SSSR count). The number of aromatic nitrogens is 3. The molecular weight excluding hydrogens is 476 g/mol. The zero-order valence-corrected chi connectivity index (χ0v) is 18.8. The second-order valence-corrected chi connectivity index (χ2v) is 8.41. The lowest BCUT2D eigenvalue weighted by atomic mass is 10.0. The molecule has 12 heteroatoms. The number of hydrogen-bond donors (Lipinski definition) is 2. The molecule has 3 heterocycles. The minimum Gasteiger partial charge on any atom is -0.324 e. The molecule has 1 fully saturated rings. The summed E-state index contributed by atoms with van der Waals surface area (Å²) in [5, 5.41) is 13.3. The number of imide groups is 2. The lowest BCUT2D eigenvalue weighted by Crippen LogP contribution is -2.54. The van der Waals surface area contributed by atoms with E-state index in [0.29, 0.717) is 16.3 Å². The molecule has 0 bridgehead atoms. The molecule has 2 aliphatic heterocycles. The highest BCUT2D eigenvalue weighted by atomic mass is 35.5. The van der Waals surface area contributed by atoms with Gasteiger partial charge in [0.2, 0.25) is 17.7 Å². The van der Waals surface area contributed by atoms with Crippen LogP contribution in [-0.2, 0) is 20.9 Å². The highest BCUT2D eigenvalue weighted by Crippen LogP contribution is 2.32. The van der Waals surface area contributed by atoms with Gasteiger partial charge in [-0.2, -0.15) is 0 Å². The van der Waals surface area contributed by atoms with Gasteiger partial charge in [0.15, 0.2) is 0 Å². The van der Waals surface area contributed by atoms with E-state index in [1.54, 1.807) is 30.5 Å². The SMILES string of the molecule is O=C1CCC(N2C(=O)c3cccc(NC(=O)Cn4cc(-c5ccccc5Cl)nn4)c3C2=O)C(=O)N1. The number of anilines is 1. The van der Waals surface area contributed by atoms with Crippen molar-refractivity contribution < 1.29 is 24.0 Å². The first-order valence-corrected chi connectivity index (χ1v) is 11.0. The molecule has 3 aromatic rings. The number of fused-ring (bicyclic) bond motifs is 1. The molecule has 2 N–H and O–H groups in total. The molecule has 176 valence electrons. The van der Waals surface area contributed by atoms with Crippen molar-refractivity contribution >= 4 is 46.8 Å². The molecule has 1 aromatic heterocycles. The molecule has 1 unspecified atom stereocenters. The average molecular weight is 493 g/mol. The lowest BCUT2D eigenvalue weighted by Gasteiger charge is -2.27. The summed E-state index contributed by atoms with van der Waals surface area (Å²) in [6, 6.07) is 10.5. The van der Waals surface area contributed by atoms with Crippen molar-refractivity contribution in [1.82, 2.24) is 25.2 Å². The van der Waals surface area contributed by atoms with E-state index in [-0.39, 0.29) is 36.2 Å². The predicted molar refractivity (Wildman–Crippen MR) is 122 cm³/mol. The zero-order valence-electron chi connectivity index (χ0n) is 18.0. The van der Waals surface area contributed by atoms with Crippen LogP contribution < -0.4 is 10.6 Å². The topological polar surface area (TPSA) is 143 Å². The summed E-state index contributed by atoms with van der Waals surface area (Å²) in [5.74, 6) is -3.04. The van der Waals surface area contributed by atoms with E-state index in [1.807, 2.05) is 0 Å². The fourth-order valence-corrected chi connectivity index (χ4v) is 4.36. The average Bonchev–Trinajstić information content (AvgIpc) is 3.37. The van der Waals surface area contributed by atoms with E-state index in [0.717, 1.165) is 4.90 Å². The summed E-state index contributed by atoms with van der Waals surface area (Å²) in [6.07, 6.45) is 1.62. The van der Waals surface area contributed by atoms with Crippen molar-refractivity contribution in [3.8, 4) is 11.3 Å². The number of hydrogen-bond acceptors (Lipinski definition) is 7. The number of carbonyl (C=O) groups is 5. The van der Waals surface area contributed by atoms with E-state index in [1.165, 1.54) is 22.9 Å². The van der Waals surface area contributed by atoms with Crippen molar-refractivity contribution in [1.29, 1.82) is 0 Å². The summed E-state index contributed by atoms with van der Waals surface area (Å²) in [4.78, 5) is 63.3. The second kappa shape index (κ2) is 8.76. The van der Waals surface area contributed by atoms with E-state index < -0.39 is 35.6 Å². The van der Waals surface area contributed by atoms with E-state index in [4.69, 9.17) is 11.6 Å². The second-order valence-electron chi connectivity index (χ2n) is 8.00. The number of nitrogens with zero attached hydrogens (tertiary/aromatic N) is 4. The molecule has 0 spiro atoms. The van der Waals surface area contributed by atoms with Crippen LogP contribution in [0.4, 0.5) is 5.69 Å². The van der Waals surface area contributed by atoms with Gasteiger partial charge in [-0.3, -0.25) is 34.2 Å². The number of nitrogens with one attached hydrogen (secondary N) is 2. The first-order valence-electron chi connectivity index (χ1n) is 10.6. The number of benzene rings is 2. The van der Waals surface area contributed by atoms with Crippen LogP contribution in [0.1, 0.15) is 33.6 Å². The maximum Gasteiger partial charge on any atom is 0.264 e. The Bertz CT molecular complexity index is 1420. The molecule has 1 saturated heterocycles. The predicted octanol–water partition coefficient (Wildman–Crippen LogP) is 1.64. The third-order valence-corrected chi connectivity index (χ3v) is 6.07. The first-order chi connectivity index (χ1) is 16.8. The van der Waals surface area contributed by atoms with Gasteiger partial charge >= 0.3 is 0 Å². The normalized spacial score (nSPS) is 17.4. The molecule has 2 aromatic carbocycles. The van der Waals surface area contributed by atoms with Gasteiger partial charge in [0.05, 0.1) is 28.0 Å². The Kier molecular flexibility index (Phi) is 5.61. The Morgan fingerprint density at radius 1 is 1.06 bits per heavy atom. The van der Waals surface area contributed by atoms with E-state index in [9.17, 15) is 24.0 Å². The van der Waals surface area contributed by atoms with Crippen molar-refractivity contribution in [2.45, 2.75) is 25.4 Å². The third-order valence-electron chi connectivity index (χ3n) is 5.74. The molecule has 5 amide bonds. The summed E-state index contributed by atoms with van der Waals surface area (Å²) in [6.45, 7) is -0.208. The number of rotatable bonds is 5. The summed E-state index contributed by atoms with van der Waals surface area (Å²) in [7, 11) is 0. The van der Waals surface area contributed by atoms with Crippen LogP contribution in [0.3, 0.4) is 0 Å². The van der Waals surface area contributed by atoms with Crippen LogP contribution >= 0.6 is 11.6 Å². The highest BCUT2D eigenvalue weighted by Gasteiger charge is 2.45. The Morgan fingerprint density at radius 3 is 2.60 bits per heavy atom. The van der Waals surface area contributed by atoms with Crippen LogP contribution in [0.15, 0.2) is 48.7 Å². The monoisotopic (exact) mass is 492 g/mol. The van der Waals surface area contributed by atoms with Gasteiger partial charge in [0, 0.05) is 12.0 Å². The fourth-order valence-electron chi connectivity index (χ4n) is 4.12. The van der Waals surface area contributed by atoms with Crippen molar-refractivity contribution in [3.05, 3.63) is 64.8 Å². The van der Waals surface area contributed by atoms with Gasteiger partial charge in [0.25, 0.3) is 11.8 Å². The number of halogens is 1. The van der Waals surface area contributed by atoms with Gasteiger partial charge in [-0.1, -0.05) is 41.1 Å². The minimum absolute atomic E-state index is 0.00843. The summed E-state index contributed by atoms with van der Waals surface area (Å²) < 4.78 is 1.32. The summed E-state index contributed by atoms with van der Waals surface area (Å²) >= 11 is 6.18. The van der Waals surface area contributed by atoms with Crippen molar-refractivity contribution in [3.63, 3.8) is 0 Å². The highest BCUT2D eigenvalue weighted by molar-refractivity contribution is 6.33. The van der Waals surface area contributed by atoms with Crippen LogP contribution in [0.2, 0.25) is 5.02 Å². The van der Waals surface area contributed by atoms with Crippen molar-refractivity contribution in [2.24, 2.45) is 0 Å². The number of carbonyl (C=O) groups excluding carboxylic acids is 5. The van der Waals surface area contributed by atoms with Gasteiger partial charge < -0.3 is 5.32 Å². The molecule has 2 aliphatic rings. The van der Waals surface area contributed by atoms with Crippen LogP contribution in [-0.4, -0.2) is 55.5 Å². The fraction of sp³-hybridized carbons (Fsp3) is 0.174. The number of amides is 5. The molecule has 0 aliphatic carbocycles. The lowest BCUT2D eigenvalue weighted by molar-refractivity contribution is -0.136. The molecular formula is C23H17ClN6O5. The van der Waals surface area contributed by atoms with Crippen LogP contribution in [0, 0.1) is 0 Å². The maximum absolute atomic E-state index is 13.1. The third kappa shape index (κ3) is 4.06. The molecule has 1 atom stereocenters. The minimum atomic E-state index is -1.10. The standard InChI is InChI=1S/C23H17ClN6O5/c24-14-6-2-1-4-12(14)16-10-29(28-27-16)11-19(32)25-15-7-3-5-13-20(15)23(35)30(22(13)34)17-8-9-18(31)26-21(17)33/h1-7,10,17H,8-9,11H2,(H,25,32)(H,26,31,33). The van der Waals surface area contributed by atoms with E-state index in [2.05, 4.69) is 20.9 Å². The molecule has 0 saturated carbocycles. The largest absolute Gasteiger partial charge is 0.324 e. The van der Waals surface area contributed by atoms with Gasteiger partial charge in [0.1, 0.15) is 18.3 Å². The van der Waals surface area contributed by atoms with Crippen molar-refractivity contribution in [2.75, 3.05) is 5.32 Å². The van der Waals surface area contributed by atoms with Gasteiger partial charge in [-0.25, -0.2) is 4.68 Å². The van der Waals surface area contributed by atoms with Gasteiger partial charge in [-0.05, 0) is 24.6 Å². The Balaban J connectivity index is 1.34. The Morgan fingerprint density at radius 2 is 1.83 bits per heavy atom. The van der Waals surface area contributed by atoms with Gasteiger partial charge in [-0.15, -0.1) is 5.10 Å². The smallest absolute Gasteiger partial charge is 0.264 e.